The van der Waals surface area contributed by atoms with Crippen LogP contribution >= 0.6 is 15.9 Å². The first-order chi connectivity index (χ1) is 8.65. The number of halogens is 1. The van der Waals surface area contributed by atoms with Gasteiger partial charge in [0.15, 0.2) is 5.82 Å². The van der Waals surface area contributed by atoms with Crippen molar-refractivity contribution >= 4 is 32.7 Å². The van der Waals surface area contributed by atoms with Crippen LogP contribution in [0, 0.1) is 0 Å². The molecule has 2 aromatic rings. The normalized spacial score (nSPS) is 17.6. The van der Waals surface area contributed by atoms with Gasteiger partial charge in [0.2, 0.25) is 0 Å². The Morgan fingerprint density at radius 3 is 2.56 bits per heavy atom. The number of hydrogen-bond donors (Lipinski definition) is 0. The fraction of sp³-hybridized carbons (Fsp3) is 0.462. The summed E-state index contributed by atoms with van der Waals surface area (Å²) >= 11 is 3.55. The minimum atomic E-state index is 1.05. The molecule has 0 unspecified atom stereocenters. The maximum Gasteiger partial charge on any atom is 0.158 e. The van der Waals surface area contributed by atoms with E-state index in [2.05, 4.69) is 56.1 Å². The van der Waals surface area contributed by atoms with E-state index in [9.17, 15) is 0 Å². The Bertz CT molecular complexity index is 570. The van der Waals surface area contributed by atoms with Crippen molar-refractivity contribution in [3.05, 3.63) is 22.7 Å². The van der Waals surface area contributed by atoms with Gasteiger partial charge in [-0.25, -0.2) is 0 Å². The van der Waals surface area contributed by atoms with Crippen molar-refractivity contribution in [3.63, 3.8) is 0 Å². The van der Waals surface area contributed by atoms with Crippen LogP contribution in [0.1, 0.15) is 0 Å². The summed E-state index contributed by atoms with van der Waals surface area (Å²) in [5, 5.41) is 5.92. The van der Waals surface area contributed by atoms with E-state index in [0.717, 1.165) is 36.5 Å². The number of rotatable bonds is 1. The Morgan fingerprint density at radius 1 is 1.11 bits per heavy atom. The van der Waals surface area contributed by atoms with E-state index in [1.54, 1.807) is 0 Å². The highest BCUT2D eigenvalue weighted by Gasteiger charge is 2.19. The van der Waals surface area contributed by atoms with Crippen molar-refractivity contribution in [1.29, 1.82) is 0 Å². The zero-order valence-corrected chi connectivity index (χ0v) is 12.3. The second-order valence-corrected chi connectivity index (χ2v) is 5.81. The lowest BCUT2D eigenvalue weighted by molar-refractivity contribution is 0.312. The summed E-state index contributed by atoms with van der Waals surface area (Å²) in [7, 11) is 4.18. The molecule has 18 heavy (non-hydrogen) atoms. The number of anilines is 1. The van der Waals surface area contributed by atoms with Crippen LogP contribution in [0.3, 0.4) is 0 Å². The molecule has 5 heteroatoms. The Kier molecular flexibility index (Phi) is 3.03. The van der Waals surface area contributed by atoms with Gasteiger partial charge in [0, 0.05) is 43.1 Å². The maximum absolute atomic E-state index is 4.68. The molecule has 1 aliphatic rings. The summed E-state index contributed by atoms with van der Waals surface area (Å²) in [5.41, 5.74) is 1.19. The number of piperazine rings is 1. The number of aromatic nitrogens is 2. The number of fused-ring (bicyclic) bond motifs is 1. The van der Waals surface area contributed by atoms with Gasteiger partial charge in [-0.05, 0) is 25.2 Å². The van der Waals surface area contributed by atoms with E-state index < -0.39 is 0 Å². The molecule has 1 aromatic carbocycles. The molecule has 1 aliphatic heterocycles. The van der Waals surface area contributed by atoms with E-state index in [-0.39, 0.29) is 0 Å². The minimum Gasteiger partial charge on any atom is -0.352 e. The van der Waals surface area contributed by atoms with Crippen LogP contribution in [0.2, 0.25) is 0 Å². The Labute approximate surface area is 115 Å². The molecule has 1 saturated heterocycles. The predicted molar refractivity (Wildman–Crippen MR) is 78.1 cm³/mol. The minimum absolute atomic E-state index is 1.05. The molecule has 0 atom stereocenters. The second kappa shape index (κ2) is 4.55. The Balaban J connectivity index is 2.03. The van der Waals surface area contributed by atoms with Crippen LogP contribution in [-0.4, -0.2) is 47.9 Å². The van der Waals surface area contributed by atoms with E-state index in [0.29, 0.717) is 0 Å². The molecule has 0 radical (unpaired) electrons. The molecule has 0 saturated carbocycles. The molecule has 2 heterocycles. The van der Waals surface area contributed by atoms with Gasteiger partial charge in [-0.1, -0.05) is 15.9 Å². The maximum atomic E-state index is 4.68. The molecule has 0 aliphatic carbocycles. The third kappa shape index (κ3) is 2.01. The van der Waals surface area contributed by atoms with Crippen molar-refractivity contribution in [2.45, 2.75) is 0 Å². The van der Waals surface area contributed by atoms with Gasteiger partial charge in [0.05, 0.1) is 5.52 Å². The highest BCUT2D eigenvalue weighted by molar-refractivity contribution is 9.10. The third-order valence-electron chi connectivity index (χ3n) is 3.60. The third-order valence-corrected chi connectivity index (χ3v) is 4.09. The number of nitrogens with zero attached hydrogens (tertiary/aromatic N) is 4. The van der Waals surface area contributed by atoms with Gasteiger partial charge in [0.25, 0.3) is 0 Å². The van der Waals surface area contributed by atoms with Gasteiger partial charge in [-0.2, -0.15) is 5.10 Å². The van der Waals surface area contributed by atoms with Crippen molar-refractivity contribution in [1.82, 2.24) is 14.7 Å². The summed E-state index contributed by atoms with van der Waals surface area (Å²) in [4.78, 5) is 4.74. The summed E-state index contributed by atoms with van der Waals surface area (Å²) in [6, 6.07) is 6.35. The zero-order valence-electron chi connectivity index (χ0n) is 10.7. The molecule has 0 N–H and O–H groups in total. The Hall–Kier alpha value is -1.07. The van der Waals surface area contributed by atoms with Gasteiger partial charge in [0.1, 0.15) is 0 Å². The first-order valence-corrected chi connectivity index (χ1v) is 7.00. The van der Waals surface area contributed by atoms with Crippen LogP contribution < -0.4 is 4.90 Å². The van der Waals surface area contributed by atoms with Crippen molar-refractivity contribution in [3.8, 4) is 0 Å². The van der Waals surface area contributed by atoms with Crippen molar-refractivity contribution < 1.29 is 0 Å². The largest absolute Gasteiger partial charge is 0.352 e. The molecule has 0 spiro atoms. The molecule has 1 fully saturated rings. The average molecular weight is 309 g/mol. The molecule has 0 amide bonds. The SMILES string of the molecule is CN1CCN(c2nn(C)c3ccc(Br)cc23)CC1. The number of aryl methyl sites for hydroxylation is 1. The summed E-state index contributed by atoms with van der Waals surface area (Å²) in [6.45, 7) is 4.31. The van der Waals surface area contributed by atoms with Crippen LogP contribution in [-0.2, 0) is 7.05 Å². The van der Waals surface area contributed by atoms with Gasteiger partial charge in [-0.3, -0.25) is 4.68 Å². The van der Waals surface area contributed by atoms with Crippen molar-refractivity contribution in [2.24, 2.45) is 7.05 Å². The van der Waals surface area contributed by atoms with Crippen LogP contribution in [0.15, 0.2) is 22.7 Å². The second-order valence-electron chi connectivity index (χ2n) is 4.90. The van der Waals surface area contributed by atoms with Crippen molar-refractivity contribution in [2.75, 3.05) is 38.1 Å². The fourth-order valence-corrected chi connectivity index (χ4v) is 2.83. The van der Waals surface area contributed by atoms with E-state index in [1.165, 1.54) is 10.9 Å². The van der Waals surface area contributed by atoms with Crippen LogP contribution in [0.5, 0.6) is 0 Å². The first kappa shape index (κ1) is 12.0. The first-order valence-electron chi connectivity index (χ1n) is 6.21. The Morgan fingerprint density at radius 2 is 1.83 bits per heavy atom. The van der Waals surface area contributed by atoms with Gasteiger partial charge >= 0.3 is 0 Å². The lowest BCUT2D eigenvalue weighted by Gasteiger charge is -2.32. The number of likely N-dealkylation sites (N-methyl/N-ethyl adjacent to an activating group) is 1. The molecule has 96 valence electrons. The van der Waals surface area contributed by atoms with Gasteiger partial charge < -0.3 is 9.80 Å². The molecule has 0 bridgehead atoms. The zero-order chi connectivity index (χ0) is 12.7. The molecule has 4 nitrogen and oxygen atoms in total. The standard InChI is InChI=1S/C13H17BrN4/c1-16-5-7-18(8-6-16)13-11-9-10(14)3-4-12(11)17(2)15-13/h3-4,9H,5-8H2,1-2H3. The average Bonchev–Trinajstić information content (AvgIpc) is 2.67. The van der Waals surface area contributed by atoms with E-state index >= 15 is 0 Å². The molecular formula is C13H17BrN4. The molecular weight excluding hydrogens is 292 g/mol. The number of benzene rings is 1. The lowest BCUT2D eigenvalue weighted by Crippen LogP contribution is -2.44. The summed E-state index contributed by atoms with van der Waals surface area (Å²) in [5.74, 6) is 1.11. The van der Waals surface area contributed by atoms with Crippen LogP contribution in [0.4, 0.5) is 5.82 Å². The smallest absolute Gasteiger partial charge is 0.158 e. The summed E-state index contributed by atoms with van der Waals surface area (Å²) in [6.07, 6.45) is 0. The fourth-order valence-electron chi connectivity index (χ4n) is 2.47. The quantitative estimate of drug-likeness (QED) is 0.806. The predicted octanol–water partition coefficient (Wildman–Crippen LogP) is 2.09. The van der Waals surface area contributed by atoms with Crippen LogP contribution in [0.25, 0.3) is 10.9 Å². The molecule has 1 aromatic heterocycles. The highest BCUT2D eigenvalue weighted by atomic mass is 79.9. The van der Waals surface area contributed by atoms with E-state index in [1.807, 2.05) is 11.7 Å². The highest BCUT2D eigenvalue weighted by Crippen LogP contribution is 2.28. The molecule has 3 rings (SSSR count). The monoisotopic (exact) mass is 308 g/mol. The lowest BCUT2D eigenvalue weighted by atomic mass is 10.2. The topological polar surface area (TPSA) is 24.3 Å². The van der Waals surface area contributed by atoms with Gasteiger partial charge in [-0.15, -0.1) is 0 Å². The number of hydrogen-bond acceptors (Lipinski definition) is 3. The van der Waals surface area contributed by atoms with E-state index in [4.69, 9.17) is 0 Å². The summed E-state index contributed by atoms with van der Waals surface area (Å²) < 4.78 is 3.08.